The number of nitrogens with two attached hydrogens (primary N) is 3. The van der Waals surface area contributed by atoms with E-state index in [4.69, 9.17) is 17.2 Å². The molecule has 0 heterocycles. The van der Waals surface area contributed by atoms with Crippen LogP contribution >= 0.6 is 0 Å². The van der Waals surface area contributed by atoms with E-state index >= 15 is 0 Å². The Hall–Kier alpha value is -0.120. The highest BCUT2D eigenvalue weighted by molar-refractivity contribution is 5.17. The first-order chi connectivity index (χ1) is 7.92. The molecule has 0 radical (unpaired) electrons. The topological polar surface area (TPSA) is 78.1 Å². The summed E-state index contributed by atoms with van der Waals surface area (Å²) in [5, 5.41) is 0. The van der Waals surface area contributed by atoms with E-state index in [2.05, 4.69) is 6.92 Å². The van der Waals surface area contributed by atoms with Gasteiger partial charge in [0.2, 0.25) is 0 Å². The van der Waals surface area contributed by atoms with E-state index in [1.165, 1.54) is 38.5 Å². The van der Waals surface area contributed by atoms with Gasteiger partial charge in [-0.3, -0.25) is 0 Å². The molecule has 98 valence electrons. The van der Waals surface area contributed by atoms with Crippen molar-refractivity contribution in [1.29, 1.82) is 0 Å². The van der Waals surface area contributed by atoms with E-state index in [1.54, 1.807) is 0 Å². The zero-order chi connectivity index (χ0) is 12.4. The Kier molecular flexibility index (Phi) is 2.28. The Morgan fingerprint density at radius 1 is 0.647 bits per heavy atom. The third kappa shape index (κ3) is 1.52. The molecule has 0 aliphatic heterocycles. The first kappa shape index (κ1) is 11.9. The molecular formula is C14H27N3. The summed E-state index contributed by atoms with van der Waals surface area (Å²) >= 11 is 0. The van der Waals surface area contributed by atoms with Crippen LogP contribution in [0.25, 0.3) is 0 Å². The lowest BCUT2D eigenvalue weighted by molar-refractivity contribution is -0.185. The van der Waals surface area contributed by atoms with E-state index in [1.807, 2.05) is 0 Å². The molecule has 4 fully saturated rings. The van der Waals surface area contributed by atoms with E-state index < -0.39 is 0 Å². The van der Waals surface area contributed by atoms with Gasteiger partial charge >= 0.3 is 0 Å². The predicted octanol–water partition coefficient (Wildman–Crippen LogP) is 1.21. The van der Waals surface area contributed by atoms with Gasteiger partial charge in [0.05, 0.1) is 0 Å². The summed E-state index contributed by atoms with van der Waals surface area (Å²) in [7, 11) is 0. The minimum absolute atomic E-state index is 0.349. The van der Waals surface area contributed by atoms with Crippen LogP contribution in [-0.4, -0.2) is 19.6 Å². The molecule has 0 saturated heterocycles. The standard InChI is InChI=1S/C14H27N3/c1-11-2-12(8-15)5-13(3-11,9-16)7-14(4-11,6-12)10-17/h2-10,15-17H2,1H3. The molecular weight excluding hydrogens is 210 g/mol. The third-order valence-electron chi connectivity index (χ3n) is 5.95. The maximum atomic E-state index is 6.13. The van der Waals surface area contributed by atoms with Crippen molar-refractivity contribution in [3.63, 3.8) is 0 Å². The molecule has 3 nitrogen and oxygen atoms in total. The molecule has 0 atom stereocenters. The predicted molar refractivity (Wildman–Crippen MR) is 70.3 cm³/mol. The summed E-state index contributed by atoms with van der Waals surface area (Å²) in [5.74, 6) is 0. The molecule has 3 heteroatoms. The minimum atomic E-state index is 0.349. The minimum Gasteiger partial charge on any atom is -0.330 e. The molecule has 0 spiro atoms. The van der Waals surface area contributed by atoms with Crippen LogP contribution in [0, 0.1) is 21.7 Å². The Balaban J connectivity index is 2.06. The van der Waals surface area contributed by atoms with Gasteiger partial charge in [0.15, 0.2) is 0 Å². The van der Waals surface area contributed by atoms with Gasteiger partial charge in [0.25, 0.3) is 0 Å². The molecule has 0 amide bonds. The normalized spacial score (nSPS) is 56.5. The van der Waals surface area contributed by atoms with Crippen molar-refractivity contribution in [3.05, 3.63) is 0 Å². The highest BCUT2D eigenvalue weighted by Gasteiger charge is 2.65. The average molecular weight is 237 g/mol. The zero-order valence-corrected chi connectivity index (χ0v) is 11.1. The molecule has 4 aliphatic rings. The van der Waals surface area contributed by atoms with Crippen molar-refractivity contribution in [2.75, 3.05) is 19.6 Å². The maximum absolute atomic E-state index is 6.13. The van der Waals surface area contributed by atoms with Crippen molar-refractivity contribution >= 4 is 0 Å². The zero-order valence-electron chi connectivity index (χ0n) is 11.1. The van der Waals surface area contributed by atoms with Crippen LogP contribution in [0.4, 0.5) is 0 Å². The van der Waals surface area contributed by atoms with Crippen molar-refractivity contribution in [2.24, 2.45) is 38.9 Å². The van der Waals surface area contributed by atoms with E-state index in [0.29, 0.717) is 21.7 Å². The fraction of sp³-hybridized carbons (Fsp3) is 1.00. The van der Waals surface area contributed by atoms with Gasteiger partial charge in [-0.05, 0) is 79.8 Å². The lowest BCUT2D eigenvalue weighted by Crippen LogP contribution is -2.65. The smallest absolute Gasteiger partial charge is 0.00199 e. The molecule has 4 bridgehead atoms. The summed E-state index contributed by atoms with van der Waals surface area (Å²) in [6.07, 6.45) is 7.68. The van der Waals surface area contributed by atoms with Crippen LogP contribution in [0.15, 0.2) is 0 Å². The maximum Gasteiger partial charge on any atom is -0.00199 e. The number of hydrogen-bond donors (Lipinski definition) is 3. The molecule has 0 aromatic carbocycles. The molecule has 0 aromatic rings. The Morgan fingerprint density at radius 3 is 1.18 bits per heavy atom. The van der Waals surface area contributed by atoms with Gasteiger partial charge < -0.3 is 17.2 Å². The Labute approximate surface area is 104 Å². The van der Waals surface area contributed by atoms with Gasteiger partial charge in [-0.2, -0.15) is 0 Å². The average Bonchev–Trinajstić information content (AvgIpc) is 2.26. The van der Waals surface area contributed by atoms with Gasteiger partial charge in [0.1, 0.15) is 0 Å². The van der Waals surface area contributed by atoms with E-state index in [0.717, 1.165) is 19.6 Å². The monoisotopic (exact) mass is 237 g/mol. The van der Waals surface area contributed by atoms with Crippen molar-refractivity contribution in [3.8, 4) is 0 Å². The third-order valence-corrected chi connectivity index (χ3v) is 5.95. The molecule has 4 saturated carbocycles. The summed E-state index contributed by atoms with van der Waals surface area (Å²) < 4.78 is 0. The van der Waals surface area contributed by atoms with Crippen molar-refractivity contribution < 1.29 is 0 Å². The fourth-order valence-electron chi connectivity index (χ4n) is 6.50. The van der Waals surface area contributed by atoms with Gasteiger partial charge in [-0.25, -0.2) is 0 Å². The van der Waals surface area contributed by atoms with Crippen LogP contribution in [0.3, 0.4) is 0 Å². The summed E-state index contributed by atoms with van der Waals surface area (Å²) in [6, 6.07) is 0. The molecule has 4 aliphatic carbocycles. The van der Waals surface area contributed by atoms with Gasteiger partial charge in [-0.15, -0.1) is 0 Å². The van der Waals surface area contributed by atoms with Crippen LogP contribution in [0.5, 0.6) is 0 Å². The van der Waals surface area contributed by atoms with Crippen LogP contribution in [0.2, 0.25) is 0 Å². The Bertz CT molecular complexity index is 280. The molecule has 17 heavy (non-hydrogen) atoms. The lowest BCUT2D eigenvalue weighted by atomic mass is 9.35. The molecule has 0 aromatic heterocycles. The number of rotatable bonds is 3. The molecule has 4 rings (SSSR count). The second-order valence-electron chi connectivity index (χ2n) is 7.98. The molecule has 0 unspecified atom stereocenters. The van der Waals surface area contributed by atoms with Crippen LogP contribution in [-0.2, 0) is 0 Å². The largest absolute Gasteiger partial charge is 0.330 e. The Morgan fingerprint density at radius 2 is 0.941 bits per heavy atom. The summed E-state index contributed by atoms with van der Waals surface area (Å²) in [5.41, 5.74) is 19.9. The first-order valence-electron chi connectivity index (χ1n) is 7.03. The second kappa shape index (κ2) is 3.25. The highest BCUT2D eigenvalue weighted by atomic mass is 14.8. The number of hydrogen-bond acceptors (Lipinski definition) is 3. The second-order valence-corrected chi connectivity index (χ2v) is 7.98. The quantitative estimate of drug-likeness (QED) is 0.690. The van der Waals surface area contributed by atoms with E-state index in [-0.39, 0.29) is 0 Å². The SMILES string of the molecule is CC12CC3(CN)CC(CN)(C1)CC(CN)(C2)C3. The van der Waals surface area contributed by atoms with Gasteiger partial charge in [-0.1, -0.05) is 6.92 Å². The molecule has 6 N–H and O–H groups in total. The summed E-state index contributed by atoms with van der Waals surface area (Å²) in [6.45, 7) is 4.92. The van der Waals surface area contributed by atoms with Crippen molar-refractivity contribution in [2.45, 2.75) is 45.4 Å². The fourth-order valence-corrected chi connectivity index (χ4v) is 6.50. The van der Waals surface area contributed by atoms with Crippen molar-refractivity contribution in [1.82, 2.24) is 0 Å². The first-order valence-corrected chi connectivity index (χ1v) is 7.03. The van der Waals surface area contributed by atoms with Gasteiger partial charge in [0, 0.05) is 0 Å². The lowest BCUT2D eigenvalue weighted by Gasteiger charge is -2.70. The van der Waals surface area contributed by atoms with Crippen LogP contribution < -0.4 is 17.2 Å². The van der Waals surface area contributed by atoms with E-state index in [9.17, 15) is 0 Å². The highest BCUT2D eigenvalue weighted by Crippen LogP contribution is 2.72. The summed E-state index contributed by atoms with van der Waals surface area (Å²) in [4.78, 5) is 0. The van der Waals surface area contributed by atoms with Crippen LogP contribution in [0.1, 0.15) is 45.4 Å².